The van der Waals surface area contributed by atoms with Gasteiger partial charge in [-0.05, 0) is 153 Å². The first-order valence-corrected chi connectivity index (χ1v) is 16.6. The topological polar surface area (TPSA) is 0 Å². The van der Waals surface area contributed by atoms with Gasteiger partial charge in [-0.3, -0.25) is 0 Å². The predicted octanol–water partition coefficient (Wildman–Crippen LogP) is 11.6. The summed E-state index contributed by atoms with van der Waals surface area (Å²) in [6, 6.07) is 12.3. The van der Waals surface area contributed by atoms with Gasteiger partial charge in [-0.2, -0.15) is 0 Å². The number of benzene rings is 2. The van der Waals surface area contributed by atoms with Crippen molar-refractivity contribution in [2.45, 2.75) is 141 Å². The molecule has 0 amide bonds. The Morgan fingerprint density at radius 1 is 0.590 bits per heavy atom. The molecule has 0 nitrogen and oxygen atoms in total. The van der Waals surface area contributed by atoms with E-state index in [0.717, 1.165) is 48.1 Å². The number of hydrogen-bond donors (Lipinski definition) is 0. The molecular formula is C37H52F2. The van der Waals surface area contributed by atoms with Crippen LogP contribution < -0.4 is 0 Å². The number of hydrogen-bond acceptors (Lipinski definition) is 0. The van der Waals surface area contributed by atoms with Crippen molar-refractivity contribution in [2.24, 2.45) is 17.8 Å². The summed E-state index contributed by atoms with van der Waals surface area (Å²) >= 11 is 0. The zero-order chi connectivity index (χ0) is 27.2. The fraction of sp³-hybridized carbons (Fsp3) is 0.676. The fourth-order valence-electron chi connectivity index (χ4n) is 8.53. The van der Waals surface area contributed by atoms with Crippen LogP contribution in [-0.4, -0.2) is 0 Å². The molecule has 214 valence electrons. The number of aryl methyl sites for hydroxylation is 1. The van der Waals surface area contributed by atoms with Gasteiger partial charge in [0.05, 0.1) is 0 Å². The van der Waals surface area contributed by atoms with E-state index in [1.54, 1.807) is 6.07 Å². The molecule has 0 radical (unpaired) electrons. The first kappa shape index (κ1) is 28.8. The van der Waals surface area contributed by atoms with Crippen molar-refractivity contribution < 1.29 is 8.78 Å². The molecule has 3 saturated carbocycles. The van der Waals surface area contributed by atoms with E-state index in [9.17, 15) is 4.39 Å². The van der Waals surface area contributed by atoms with Gasteiger partial charge < -0.3 is 0 Å². The van der Waals surface area contributed by atoms with Crippen molar-refractivity contribution in [3.8, 4) is 0 Å². The summed E-state index contributed by atoms with van der Waals surface area (Å²) in [7, 11) is 0. The maximum atomic E-state index is 15.4. The van der Waals surface area contributed by atoms with E-state index in [4.69, 9.17) is 0 Å². The molecule has 2 aromatic rings. The lowest BCUT2D eigenvalue weighted by Crippen LogP contribution is -2.25. The van der Waals surface area contributed by atoms with Gasteiger partial charge in [0, 0.05) is 0 Å². The molecular weight excluding hydrogens is 482 g/mol. The highest BCUT2D eigenvalue weighted by Crippen LogP contribution is 2.46. The molecule has 0 aromatic heterocycles. The Morgan fingerprint density at radius 3 is 1.67 bits per heavy atom. The fourth-order valence-corrected chi connectivity index (χ4v) is 8.53. The van der Waals surface area contributed by atoms with Crippen LogP contribution in [0.25, 0.3) is 0 Å². The summed E-state index contributed by atoms with van der Waals surface area (Å²) in [4.78, 5) is 0. The molecule has 2 aromatic carbocycles. The third-order valence-electron chi connectivity index (χ3n) is 11.1. The minimum Gasteiger partial charge on any atom is -0.207 e. The second-order valence-electron chi connectivity index (χ2n) is 13.4. The number of halogens is 2. The molecule has 2 heteroatoms. The SMILES string of the molecule is CCCCCC1CCC(c2ccc(C3CCC(C4CCC(c5ccc(CC)c(F)c5)CC4)CC3)c(F)c2)CC1. The first-order chi connectivity index (χ1) is 19.1. The van der Waals surface area contributed by atoms with E-state index in [2.05, 4.69) is 25.1 Å². The normalized spacial score (nSPS) is 29.8. The second kappa shape index (κ2) is 13.8. The Labute approximate surface area is 237 Å². The van der Waals surface area contributed by atoms with Crippen LogP contribution in [0.2, 0.25) is 0 Å². The smallest absolute Gasteiger partial charge is 0.126 e. The lowest BCUT2D eigenvalue weighted by atomic mass is 9.67. The van der Waals surface area contributed by atoms with Crippen LogP contribution in [0.1, 0.15) is 157 Å². The van der Waals surface area contributed by atoms with Crippen LogP contribution in [-0.2, 0) is 6.42 Å². The Hall–Kier alpha value is -1.70. The highest BCUT2D eigenvalue weighted by atomic mass is 19.1. The third kappa shape index (κ3) is 7.15. The quantitative estimate of drug-likeness (QED) is 0.281. The molecule has 39 heavy (non-hydrogen) atoms. The second-order valence-corrected chi connectivity index (χ2v) is 13.4. The maximum Gasteiger partial charge on any atom is 0.126 e. The Morgan fingerprint density at radius 2 is 1.13 bits per heavy atom. The summed E-state index contributed by atoms with van der Waals surface area (Å²) in [5, 5.41) is 0. The molecule has 5 rings (SSSR count). The molecule has 0 spiro atoms. The molecule has 0 N–H and O–H groups in total. The Bertz CT molecular complexity index is 1030. The summed E-state index contributed by atoms with van der Waals surface area (Å²) in [6.07, 6.45) is 21.0. The van der Waals surface area contributed by atoms with Crippen molar-refractivity contribution in [1.29, 1.82) is 0 Å². The van der Waals surface area contributed by atoms with Crippen molar-refractivity contribution in [1.82, 2.24) is 0 Å². The zero-order valence-corrected chi connectivity index (χ0v) is 24.7. The zero-order valence-electron chi connectivity index (χ0n) is 24.7. The molecule has 0 unspecified atom stereocenters. The largest absolute Gasteiger partial charge is 0.207 e. The van der Waals surface area contributed by atoms with Crippen molar-refractivity contribution in [3.63, 3.8) is 0 Å². The van der Waals surface area contributed by atoms with E-state index < -0.39 is 0 Å². The van der Waals surface area contributed by atoms with Gasteiger partial charge in [-0.15, -0.1) is 0 Å². The predicted molar refractivity (Wildman–Crippen MR) is 160 cm³/mol. The van der Waals surface area contributed by atoms with Crippen LogP contribution in [0.5, 0.6) is 0 Å². The van der Waals surface area contributed by atoms with E-state index >= 15 is 4.39 Å². The van der Waals surface area contributed by atoms with Gasteiger partial charge in [0.1, 0.15) is 11.6 Å². The highest BCUT2D eigenvalue weighted by molar-refractivity contribution is 5.30. The summed E-state index contributed by atoms with van der Waals surface area (Å²) < 4.78 is 29.7. The van der Waals surface area contributed by atoms with Crippen molar-refractivity contribution in [3.05, 3.63) is 70.3 Å². The van der Waals surface area contributed by atoms with E-state index in [-0.39, 0.29) is 11.6 Å². The maximum absolute atomic E-state index is 15.4. The van der Waals surface area contributed by atoms with Gasteiger partial charge in [-0.25, -0.2) is 8.78 Å². The minimum absolute atomic E-state index is 0.0269. The van der Waals surface area contributed by atoms with Gasteiger partial charge in [-0.1, -0.05) is 63.8 Å². The summed E-state index contributed by atoms with van der Waals surface area (Å²) in [5.74, 6) is 3.98. The number of unbranched alkanes of at least 4 members (excludes halogenated alkanes) is 2. The summed E-state index contributed by atoms with van der Waals surface area (Å²) in [6.45, 7) is 4.30. The molecule has 0 saturated heterocycles. The van der Waals surface area contributed by atoms with Crippen molar-refractivity contribution in [2.75, 3.05) is 0 Å². The van der Waals surface area contributed by atoms with E-state index in [1.165, 1.54) is 101 Å². The Kier molecular flexibility index (Phi) is 10.2. The van der Waals surface area contributed by atoms with Crippen LogP contribution in [0.3, 0.4) is 0 Å². The van der Waals surface area contributed by atoms with Crippen molar-refractivity contribution >= 4 is 0 Å². The standard InChI is InChI=1S/C37H52F2/c1-3-5-6-7-26-8-10-30(11-9-26)34-22-23-35(37(39)25-34)32-19-17-29(18-20-32)28-13-15-31(16-14-28)33-21-12-27(4-2)36(38)24-33/h12,21-26,28-32H,3-11,13-20H2,1-2H3. The monoisotopic (exact) mass is 534 g/mol. The van der Waals surface area contributed by atoms with Crippen LogP contribution in [0.15, 0.2) is 36.4 Å². The summed E-state index contributed by atoms with van der Waals surface area (Å²) in [5.41, 5.74) is 4.26. The molecule has 3 fully saturated rings. The van der Waals surface area contributed by atoms with Gasteiger partial charge in [0.2, 0.25) is 0 Å². The van der Waals surface area contributed by atoms with Gasteiger partial charge in [0.25, 0.3) is 0 Å². The molecule has 0 heterocycles. The van der Waals surface area contributed by atoms with Crippen LogP contribution in [0.4, 0.5) is 8.78 Å². The number of rotatable bonds is 9. The molecule has 3 aliphatic carbocycles. The average Bonchev–Trinajstić information content (AvgIpc) is 2.98. The first-order valence-electron chi connectivity index (χ1n) is 16.6. The van der Waals surface area contributed by atoms with E-state index in [0.29, 0.717) is 17.8 Å². The minimum atomic E-state index is -0.0269. The molecule has 0 bridgehead atoms. The van der Waals surface area contributed by atoms with Crippen LogP contribution >= 0.6 is 0 Å². The van der Waals surface area contributed by atoms with Gasteiger partial charge in [0.15, 0.2) is 0 Å². The van der Waals surface area contributed by atoms with E-state index in [1.807, 2.05) is 19.1 Å². The lowest BCUT2D eigenvalue weighted by molar-refractivity contribution is 0.176. The molecule has 0 atom stereocenters. The molecule has 3 aliphatic rings. The average molecular weight is 535 g/mol. The Balaban J connectivity index is 1.08. The van der Waals surface area contributed by atoms with Gasteiger partial charge >= 0.3 is 0 Å². The lowest BCUT2D eigenvalue weighted by Gasteiger charge is -2.38. The molecule has 0 aliphatic heterocycles. The third-order valence-corrected chi connectivity index (χ3v) is 11.1. The van der Waals surface area contributed by atoms with Crippen LogP contribution in [0, 0.1) is 29.4 Å². The highest BCUT2D eigenvalue weighted by Gasteiger charge is 2.33.